The Kier molecular flexibility index (Phi) is 8.94. The van der Waals surface area contributed by atoms with Crippen LogP contribution in [0.5, 0.6) is 11.5 Å². The van der Waals surface area contributed by atoms with Crippen molar-refractivity contribution < 1.29 is 23.9 Å². The van der Waals surface area contributed by atoms with Gasteiger partial charge in [-0.2, -0.15) is 0 Å². The van der Waals surface area contributed by atoms with Gasteiger partial charge in [-0.3, -0.25) is 14.4 Å². The van der Waals surface area contributed by atoms with Crippen molar-refractivity contribution in [3.8, 4) is 11.5 Å². The number of piperazine rings is 1. The summed E-state index contributed by atoms with van der Waals surface area (Å²) in [5.41, 5.74) is 1.75. The lowest BCUT2D eigenvalue weighted by molar-refractivity contribution is -0.133. The smallest absolute Gasteiger partial charge is 0.308 e. The molecule has 0 radical (unpaired) electrons. The summed E-state index contributed by atoms with van der Waals surface area (Å²) in [6.45, 7) is 10.2. The Labute approximate surface area is 215 Å². The molecule has 2 amide bonds. The first-order valence-electron chi connectivity index (χ1n) is 11.8. The molecule has 188 valence electrons. The van der Waals surface area contributed by atoms with E-state index in [1.165, 1.54) is 12.5 Å². The lowest BCUT2D eigenvalue weighted by atomic mass is 9.87. The topological polar surface area (TPSA) is 76.2 Å². The lowest BCUT2D eigenvalue weighted by Gasteiger charge is -2.35. The van der Waals surface area contributed by atoms with Crippen LogP contribution in [0.15, 0.2) is 46.9 Å². The van der Waals surface area contributed by atoms with Gasteiger partial charge >= 0.3 is 5.97 Å². The molecule has 3 rings (SSSR count). The molecule has 0 saturated carbocycles. The van der Waals surface area contributed by atoms with Crippen molar-refractivity contribution in [2.75, 3.05) is 32.8 Å². The van der Waals surface area contributed by atoms with Crippen LogP contribution in [0.2, 0.25) is 0 Å². The molecule has 2 aromatic rings. The van der Waals surface area contributed by atoms with Crippen molar-refractivity contribution >= 4 is 33.7 Å². The van der Waals surface area contributed by atoms with Crippen LogP contribution in [0.4, 0.5) is 0 Å². The largest absolute Gasteiger partial charge is 0.492 e. The molecule has 0 aliphatic carbocycles. The van der Waals surface area contributed by atoms with Gasteiger partial charge in [-0.05, 0) is 63.7 Å². The molecular weight excluding hydrogens is 512 g/mol. The van der Waals surface area contributed by atoms with Gasteiger partial charge in [0.2, 0.25) is 5.91 Å². The van der Waals surface area contributed by atoms with E-state index in [0.29, 0.717) is 56.9 Å². The van der Waals surface area contributed by atoms with E-state index in [0.717, 1.165) is 10.2 Å². The van der Waals surface area contributed by atoms with E-state index in [9.17, 15) is 14.4 Å². The molecule has 1 heterocycles. The van der Waals surface area contributed by atoms with Crippen molar-refractivity contribution in [2.45, 2.75) is 46.0 Å². The molecule has 1 aliphatic rings. The lowest BCUT2D eigenvalue weighted by Crippen LogP contribution is -2.50. The zero-order chi connectivity index (χ0) is 25.6. The van der Waals surface area contributed by atoms with Crippen molar-refractivity contribution in [1.29, 1.82) is 0 Å². The van der Waals surface area contributed by atoms with Gasteiger partial charge in [0.15, 0.2) is 0 Å². The molecule has 0 aromatic heterocycles. The van der Waals surface area contributed by atoms with Crippen molar-refractivity contribution in [2.24, 2.45) is 0 Å². The van der Waals surface area contributed by atoms with Crippen LogP contribution in [0.3, 0.4) is 0 Å². The SMILES string of the molecule is CC(=O)Oc1cccc(C(=O)N2CCN(C(=O)CCCOc3ccc(C(C)(C)C)cc3Br)CC2)c1. The Hall–Kier alpha value is -2.87. The number of nitrogens with zero attached hydrogens (tertiary/aromatic N) is 2. The highest BCUT2D eigenvalue weighted by atomic mass is 79.9. The number of hydrogen-bond acceptors (Lipinski definition) is 5. The first-order chi connectivity index (χ1) is 16.5. The van der Waals surface area contributed by atoms with Gasteiger partial charge in [0, 0.05) is 45.1 Å². The maximum Gasteiger partial charge on any atom is 0.308 e. The van der Waals surface area contributed by atoms with Gasteiger partial charge in [-0.15, -0.1) is 0 Å². The summed E-state index contributed by atoms with van der Waals surface area (Å²) in [5.74, 6) is 0.618. The summed E-state index contributed by atoms with van der Waals surface area (Å²) in [6, 6.07) is 12.7. The van der Waals surface area contributed by atoms with Gasteiger partial charge in [-0.1, -0.05) is 32.9 Å². The predicted molar refractivity (Wildman–Crippen MR) is 138 cm³/mol. The molecule has 1 aliphatic heterocycles. The molecule has 1 saturated heterocycles. The van der Waals surface area contributed by atoms with Crippen LogP contribution < -0.4 is 9.47 Å². The van der Waals surface area contributed by atoms with E-state index in [4.69, 9.17) is 9.47 Å². The number of rotatable bonds is 7. The summed E-state index contributed by atoms with van der Waals surface area (Å²) in [4.78, 5) is 40.1. The first kappa shape index (κ1) is 26.7. The highest BCUT2D eigenvalue weighted by Gasteiger charge is 2.25. The summed E-state index contributed by atoms with van der Waals surface area (Å²) in [5, 5.41) is 0. The van der Waals surface area contributed by atoms with E-state index in [2.05, 4.69) is 48.8 Å². The molecular formula is C27H33BrN2O5. The number of hydrogen-bond donors (Lipinski definition) is 0. The normalized spacial score (nSPS) is 14.0. The second-order valence-electron chi connectivity index (χ2n) is 9.64. The molecule has 35 heavy (non-hydrogen) atoms. The number of amides is 2. The first-order valence-corrected chi connectivity index (χ1v) is 12.6. The molecule has 0 unspecified atom stereocenters. The molecule has 8 heteroatoms. The van der Waals surface area contributed by atoms with Crippen molar-refractivity contribution in [3.63, 3.8) is 0 Å². The number of halogens is 1. The summed E-state index contributed by atoms with van der Waals surface area (Å²) < 4.78 is 11.8. The standard InChI is InChI=1S/C27H33BrN2O5/c1-19(31)35-22-8-5-7-20(17-22)26(33)30-14-12-29(13-15-30)25(32)9-6-16-34-24-11-10-21(18-23(24)28)27(2,3)4/h5,7-8,10-11,17-18H,6,9,12-16H2,1-4H3. The van der Waals surface area contributed by atoms with Crippen molar-refractivity contribution in [1.82, 2.24) is 9.80 Å². The van der Waals surface area contributed by atoms with Crippen LogP contribution in [0, 0.1) is 0 Å². The highest BCUT2D eigenvalue weighted by molar-refractivity contribution is 9.10. The third-order valence-electron chi connectivity index (χ3n) is 5.85. The Balaban J connectivity index is 1.42. The van der Waals surface area contributed by atoms with E-state index in [1.54, 1.807) is 34.1 Å². The Bertz CT molecular complexity index is 1070. The molecule has 0 N–H and O–H groups in total. The van der Waals surface area contributed by atoms with E-state index in [-0.39, 0.29) is 17.2 Å². The maximum absolute atomic E-state index is 12.8. The molecule has 2 aromatic carbocycles. The third-order valence-corrected chi connectivity index (χ3v) is 6.47. The average molecular weight is 545 g/mol. The zero-order valence-electron chi connectivity index (χ0n) is 20.8. The van der Waals surface area contributed by atoms with Crippen LogP contribution >= 0.6 is 15.9 Å². The minimum atomic E-state index is -0.432. The van der Waals surface area contributed by atoms with Gasteiger partial charge < -0.3 is 19.3 Å². The van der Waals surface area contributed by atoms with Gasteiger partial charge in [0.25, 0.3) is 5.91 Å². The van der Waals surface area contributed by atoms with Crippen LogP contribution in [-0.2, 0) is 15.0 Å². The second-order valence-corrected chi connectivity index (χ2v) is 10.5. The van der Waals surface area contributed by atoms with Crippen molar-refractivity contribution in [3.05, 3.63) is 58.1 Å². The predicted octanol–water partition coefficient (Wildman–Crippen LogP) is 4.82. The fraction of sp³-hybridized carbons (Fsp3) is 0.444. The molecule has 0 bridgehead atoms. The van der Waals surface area contributed by atoms with E-state index in [1.807, 2.05) is 6.07 Å². The minimum Gasteiger partial charge on any atom is -0.492 e. The average Bonchev–Trinajstić information content (AvgIpc) is 2.81. The van der Waals surface area contributed by atoms with E-state index < -0.39 is 5.97 Å². The molecule has 0 atom stereocenters. The number of esters is 1. The minimum absolute atomic E-state index is 0.0655. The molecule has 0 spiro atoms. The molecule has 7 nitrogen and oxygen atoms in total. The zero-order valence-corrected chi connectivity index (χ0v) is 22.4. The summed E-state index contributed by atoms with van der Waals surface area (Å²) in [6.07, 6.45) is 1.02. The number of ether oxygens (including phenoxy) is 2. The van der Waals surface area contributed by atoms with Gasteiger partial charge in [0.1, 0.15) is 11.5 Å². The van der Waals surface area contributed by atoms with Crippen LogP contribution in [0.25, 0.3) is 0 Å². The van der Waals surface area contributed by atoms with Gasteiger partial charge in [-0.25, -0.2) is 0 Å². The Morgan fingerprint density at radius 3 is 2.29 bits per heavy atom. The monoisotopic (exact) mass is 544 g/mol. The fourth-order valence-electron chi connectivity index (χ4n) is 3.85. The molecule has 1 fully saturated rings. The fourth-order valence-corrected chi connectivity index (χ4v) is 4.34. The second kappa shape index (κ2) is 11.7. The van der Waals surface area contributed by atoms with E-state index >= 15 is 0 Å². The number of carbonyl (C=O) groups excluding carboxylic acids is 3. The summed E-state index contributed by atoms with van der Waals surface area (Å²) >= 11 is 3.58. The highest BCUT2D eigenvalue weighted by Crippen LogP contribution is 2.31. The third kappa shape index (κ3) is 7.56. The number of carbonyl (C=O) groups is 3. The van der Waals surface area contributed by atoms with Crippen LogP contribution in [0.1, 0.15) is 56.5 Å². The van der Waals surface area contributed by atoms with Gasteiger partial charge in [0.05, 0.1) is 11.1 Å². The Morgan fingerprint density at radius 2 is 1.66 bits per heavy atom. The van der Waals surface area contributed by atoms with Crippen LogP contribution in [-0.4, -0.2) is 60.4 Å². The maximum atomic E-state index is 12.8. The number of benzene rings is 2. The quantitative estimate of drug-likeness (QED) is 0.284. The Morgan fingerprint density at radius 1 is 0.971 bits per heavy atom. The summed E-state index contributed by atoms with van der Waals surface area (Å²) in [7, 11) is 0.